The Morgan fingerprint density at radius 2 is 1.83 bits per heavy atom. The van der Waals surface area contributed by atoms with Gasteiger partial charge >= 0.3 is 5.97 Å². The van der Waals surface area contributed by atoms with Gasteiger partial charge < -0.3 is 20.1 Å². The molecule has 0 radical (unpaired) electrons. The van der Waals surface area contributed by atoms with E-state index in [-0.39, 0.29) is 18.2 Å². The summed E-state index contributed by atoms with van der Waals surface area (Å²) < 4.78 is 5.04. The number of amides is 2. The first-order valence-corrected chi connectivity index (χ1v) is 7.92. The highest BCUT2D eigenvalue weighted by Crippen LogP contribution is 2.19. The van der Waals surface area contributed by atoms with Crippen LogP contribution in [0.5, 0.6) is 5.75 Å². The van der Waals surface area contributed by atoms with Crippen LogP contribution in [0.1, 0.15) is 32.6 Å². The lowest BCUT2D eigenvalue weighted by Gasteiger charge is -2.17. The number of benzene rings is 1. The van der Waals surface area contributed by atoms with Crippen molar-refractivity contribution in [1.82, 2.24) is 5.32 Å². The predicted molar refractivity (Wildman–Crippen MR) is 90.1 cm³/mol. The van der Waals surface area contributed by atoms with Crippen molar-refractivity contribution in [2.24, 2.45) is 0 Å². The van der Waals surface area contributed by atoms with Gasteiger partial charge in [0.05, 0.1) is 0 Å². The molecule has 1 aromatic carbocycles. The molecule has 2 N–H and O–H groups in total. The standard InChI is InChI=1S/C17H24N2O5/c1-3-11-18-15(20)5-4-6-16(21)19(2)13-7-9-14(10-8-13)24-12-17(22)23/h7-10H,3-6,11-12H2,1-2H3,(H,18,20)(H,22,23). The van der Waals surface area contributed by atoms with Crippen LogP contribution in [-0.2, 0) is 14.4 Å². The maximum Gasteiger partial charge on any atom is 0.341 e. The highest BCUT2D eigenvalue weighted by Gasteiger charge is 2.12. The van der Waals surface area contributed by atoms with Crippen molar-refractivity contribution in [2.45, 2.75) is 32.6 Å². The van der Waals surface area contributed by atoms with Crippen LogP contribution in [0.15, 0.2) is 24.3 Å². The maximum atomic E-state index is 12.1. The van der Waals surface area contributed by atoms with E-state index >= 15 is 0 Å². The first kappa shape index (κ1) is 19.5. The molecule has 0 aliphatic carbocycles. The molecule has 0 aromatic heterocycles. The minimum atomic E-state index is -1.05. The number of carboxylic acid groups (broad SMARTS) is 1. The molecule has 7 heteroatoms. The number of ether oxygens (including phenoxy) is 1. The zero-order valence-corrected chi connectivity index (χ0v) is 14.1. The fourth-order valence-corrected chi connectivity index (χ4v) is 1.98. The molecule has 24 heavy (non-hydrogen) atoms. The molecule has 132 valence electrons. The molecule has 1 aromatic rings. The number of rotatable bonds is 10. The van der Waals surface area contributed by atoms with E-state index in [4.69, 9.17) is 9.84 Å². The average Bonchev–Trinajstić information content (AvgIpc) is 2.57. The van der Waals surface area contributed by atoms with Gasteiger partial charge in [0.25, 0.3) is 0 Å². The molecule has 0 spiro atoms. The Hall–Kier alpha value is -2.57. The van der Waals surface area contributed by atoms with Gasteiger partial charge in [-0.15, -0.1) is 0 Å². The third-order valence-corrected chi connectivity index (χ3v) is 3.33. The summed E-state index contributed by atoms with van der Waals surface area (Å²) in [6.45, 7) is 2.23. The molecule has 0 aliphatic heterocycles. The highest BCUT2D eigenvalue weighted by atomic mass is 16.5. The third kappa shape index (κ3) is 7.13. The van der Waals surface area contributed by atoms with E-state index in [0.717, 1.165) is 6.42 Å². The number of nitrogens with zero attached hydrogens (tertiary/aromatic N) is 1. The number of hydrogen-bond acceptors (Lipinski definition) is 4. The predicted octanol–water partition coefficient (Wildman–Crippen LogP) is 1.81. The topological polar surface area (TPSA) is 95.9 Å². The van der Waals surface area contributed by atoms with Crippen molar-refractivity contribution < 1.29 is 24.2 Å². The van der Waals surface area contributed by atoms with Crippen molar-refractivity contribution in [2.75, 3.05) is 25.1 Å². The van der Waals surface area contributed by atoms with Gasteiger partial charge in [-0.2, -0.15) is 0 Å². The number of carbonyl (C=O) groups is 3. The van der Waals surface area contributed by atoms with Crippen molar-refractivity contribution in [1.29, 1.82) is 0 Å². The largest absolute Gasteiger partial charge is 0.482 e. The van der Waals surface area contributed by atoms with Gasteiger partial charge in [0.1, 0.15) is 5.75 Å². The van der Waals surface area contributed by atoms with Crippen LogP contribution in [-0.4, -0.2) is 43.1 Å². The van der Waals surface area contributed by atoms with Crippen molar-refractivity contribution in [3.8, 4) is 5.75 Å². The summed E-state index contributed by atoms with van der Waals surface area (Å²) in [6, 6.07) is 6.59. The number of anilines is 1. The number of hydrogen-bond donors (Lipinski definition) is 2. The van der Waals surface area contributed by atoms with Crippen LogP contribution >= 0.6 is 0 Å². The van der Waals surface area contributed by atoms with E-state index in [1.165, 1.54) is 4.90 Å². The van der Waals surface area contributed by atoms with Gasteiger partial charge in [-0.05, 0) is 37.1 Å². The van der Waals surface area contributed by atoms with Crippen molar-refractivity contribution in [3.05, 3.63) is 24.3 Å². The van der Waals surface area contributed by atoms with Crippen molar-refractivity contribution in [3.63, 3.8) is 0 Å². The second kappa shape index (κ2) is 10.3. The van der Waals surface area contributed by atoms with Crippen LogP contribution in [0.2, 0.25) is 0 Å². The Morgan fingerprint density at radius 1 is 1.17 bits per heavy atom. The molecule has 0 bridgehead atoms. The quantitative estimate of drug-likeness (QED) is 0.679. The zero-order chi connectivity index (χ0) is 17.9. The van der Waals surface area contributed by atoms with Gasteiger partial charge in [-0.3, -0.25) is 9.59 Å². The fraction of sp³-hybridized carbons (Fsp3) is 0.471. The lowest BCUT2D eigenvalue weighted by atomic mass is 10.2. The summed E-state index contributed by atoms with van der Waals surface area (Å²) in [4.78, 5) is 35.5. The van der Waals surface area contributed by atoms with Gasteiger partial charge in [-0.1, -0.05) is 6.92 Å². The second-order valence-electron chi connectivity index (χ2n) is 5.33. The SMILES string of the molecule is CCCNC(=O)CCCC(=O)N(C)c1ccc(OCC(=O)O)cc1. The summed E-state index contributed by atoms with van der Waals surface area (Å²) in [5, 5.41) is 11.3. The zero-order valence-electron chi connectivity index (χ0n) is 14.1. The molecule has 0 heterocycles. The summed E-state index contributed by atoms with van der Waals surface area (Å²) in [5.74, 6) is -0.742. The second-order valence-corrected chi connectivity index (χ2v) is 5.33. The van der Waals surface area contributed by atoms with E-state index < -0.39 is 12.6 Å². The maximum absolute atomic E-state index is 12.1. The van der Waals surface area contributed by atoms with Crippen LogP contribution in [0.25, 0.3) is 0 Å². The summed E-state index contributed by atoms with van der Waals surface area (Å²) in [6.07, 6.45) is 2.01. The van der Waals surface area contributed by atoms with Crippen LogP contribution < -0.4 is 15.0 Å². The van der Waals surface area contributed by atoms with E-state index in [2.05, 4.69) is 5.32 Å². The molecular formula is C17H24N2O5. The van der Waals surface area contributed by atoms with Gasteiger partial charge in [0.2, 0.25) is 11.8 Å². The van der Waals surface area contributed by atoms with Crippen LogP contribution in [0.3, 0.4) is 0 Å². The van der Waals surface area contributed by atoms with Gasteiger partial charge in [0, 0.05) is 32.1 Å². The lowest BCUT2D eigenvalue weighted by molar-refractivity contribution is -0.139. The van der Waals surface area contributed by atoms with Crippen LogP contribution in [0, 0.1) is 0 Å². The number of aliphatic carboxylic acids is 1. The Morgan fingerprint density at radius 3 is 2.42 bits per heavy atom. The first-order chi connectivity index (χ1) is 11.4. The van der Waals surface area contributed by atoms with Crippen molar-refractivity contribution >= 4 is 23.5 Å². The van der Waals surface area contributed by atoms with Crippen LogP contribution in [0.4, 0.5) is 5.69 Å². The molecule has 0 unspecified atom stereocenters. The summed E-state index contributed by atoms with van der Waals surface area (Å²) in [7, 11) is 1.66. The molecular weight excluding hydrogens is 312 g/mol. The normalized spacial score (nSPS) is 10.1. The Labute approximate surface area is 141 Å². The third-order valence-electron chi connectivity index (χ3n) is 3.33. The highest BCUT2D eigenvalue weighted by molar-refractivity contribution is 5.93. The number of carbonyl (C=O) groups excluding carboxylic acids is 2. The molecule has 2 amide bonds. The van der Waals surface area contributed by atoms with Gasteiger partial charge in [0.15, 0.2) is 6.61 Å². The average molecular weight is 336 g/mol. The molecule has 0 saturated carbocycles. The Kier molecular flexibility index (Phi) is 8.32. The van der Waals surface area contributed by atoms with E-state index in [1.54, 1.807) is 31.3 Å². The lowest BCUT2D eigenvalue weighted by Crippen LogP contribution is -2.27. The first-order valence-electron chi connectivity index (χ1n) is 7.92. The Bertz CT molecular complexity index is 557. The smallest absolute Gasteiger partial charge is 0.341 e. The molecule has 0 atom stereocenters. The fourth-order valence-electron chi connectivity index (χ4n) is 1.98. The minimum Gasteiger partial charge on any atom is -0.482 e. The van der Waals surface area contributed by atoms with E-state index in [9.17, 15) is 14.4 Å². The van der Waals surface area contributed by atoms with Gasteiger partial charge in [-0.25, -0.2) is 4.79 Å². The van der Waals surface area contributed by atoms with E-state index in [0.29, 0.717) is 30.8 Å². The van der Waals surface area contributed by atoms with E-state index in [1.807, 2.05) is 6.92 Å². The summed E-state index contributed by atoms with van der Waals surface area (Å²) in [5.41, 5.74) is 0.679. The Balaban J connectivity index is 2.42. The molecule has 1 rings (SSSR count). The molecule has 0 fully saturated rings. The molecule has 7 nitrogen and oxygen atoms in total. The molecule has 0 aliphatic rings. The minimum absolute atomic E-state index is 0.0350. The molecule has 0 saturated heterocycles. The number of carboxylic acids is 1. The monoisotopic (exact) mass is 336 g/mol. The number of nitrogens with one attached hydrogen (secondary N) is 1. The summed E-state index contributed by atoms with van der Waals surface area (Å²) >= 11 is 0.